The zero-order valence-electron chi connectivity index (χ0n) is 11.9. The first kappa shape index (κ1) is 14.8. The summed E-state index contributed by atoms with van der Waals surface area (Å²) in [6.45, 7) is 6.71. The second-order valence-electron chi connectivity index (χ2n) is 5.83. The summed E-state index contributed by atoms with van der Waals surface area (Å²) in [4.78, 5) is 14.4. The quantitative estimate of drug-likeness (QED) is 0.930. The molecule has 0 saturated carbocycles. The Morgan fingerprint density at radius 3 is 2.80 bits per heavy atom. The molecule has 0 aromatic carbocycles. The van der Waals surface area contributed by atoms with Crippen molar-refractivity contribution in [2.75, 3.05) is 13.1 Å². The molecule has 1 unspecified atom stereocenters. The van der Waals surface area contributed by atoms with Gasteiger partial charge in [-0.1, -0.05) is 6.07 Å². The number of ether oxygens (including phenoxy) is 1. The van der Waals surface area contributed by atoms with Crippen molar-refractivity contribution in [2.24, 2.45) is 0 Å². The van der Waals surface area contributed by atoms with Crippen LogP contribution in [0.4, 0.5) is 4.79 Å². The van der Waals surface area contributed by atoms with Gasteiger partial charge in [-0.2, -0.15) is 5.26 Å². The molecule has 1 aliphatic rings. The molecule has 108 valence electrons. The fraction of sp³-hybridized carbons (Fsp3) is 0.571. The maximum atomic E-state index is 11.8. The number of hydrogen-bond donors (Lipinski definition) is 1. The van der Waals surface area contributed by atoms with Gasteiger partial charge in [0, 0.05) is 24.0 Å². The van der Waals surface area contributed by atoms with E-state index < -0.39 is 5.60 Å². The van der Waals surface area contributed by atoms with Crippen LogP contribution in [0.1, 0.15) is 31.7 Å². The van der Waals surface area contributed by atoms with Crippen molar-refractivity contribution in [2.45, 2.75) is 38.5 Å². The summed E-state index contributed by atoms with van der Waals surface area (Å²) < 4.78 is 5.29. The Bertz CT molecular complexity index is 495. The first-order valence-electron chi connectivity index (χ1n) is 6.56. The van der Waals surface area contributed by atoms with Gasteiger partial charge in [-0.05, 0) is 32.2 Å². The van der Waals surface area contributed by atoms with Crippen LogP contribution in [0.2, 0.25) is 0 Å². The van der Waals surface area contributed by atoms with Gasteiger partial charge in [-0.25, -0.2) is 4.79 Å². The Kier molecular flexibility index (Phi) is 4.31. The maximum absolute atomic E-state index is 11.8. The van der Waals surface area contributed by atoms with E-state index in [9.17, 15) is 10.1 Å². The summed E-state index contributed by atoms with van der Waals surface area (Å²) in [5, 5.41) is 14.4. The van der Waals surface area contributed by atoms with E-state index >= 15 is 0 Å². The van der Waals surface area contributed by atoms with Gasteiger partial charge in [0.05, 0.1) is 6.07 Å². The monoisotopic (exact) mass is 293 g/mol. The van der Waals surface area contributed by atoms with E-state index in [-0.39, 0.29) is 18.2 Å². The van der Waals surface area contributed by atoms with Crippen molar-refractivity contribution in [1.29, 1.82) is 5.26 Å². The topological polar surface area (TPSA) is 65.4 Å². The molecule has 1 aromatic rings. The lowest BCUT2D eigenvalue weighted by atomic mass is 10.1. The predicted octanol–water partition coefficient (Wildman–Crippen LogP) is 2.52. The minimum absolute atomic E-state index is 0.147. The number of nitriles is 1. The molecule has 5 nitrogen and oxygen atoms in total. The normalized spacial score (nSPS) is 17.2. The second-order valence-corrected chi connectivity index (χ2v) is 6.81. The molecule has 0 bridgehead atoms. The second kappa shape index (κ2) is 5.81. The summed E-state index contributed by atoms with van der Waals surface area (Å²) in [5.74, 6) is 0. The van der Waals surface area contributed by atoms with E-state index in [0.717, 1.165) is 4.88 Å². The molecule has 1 N–H and O–H groups in total. The third-order valence-electron chi connectivity index (χ3n) is 2.89. The van der Waals surface area contributed by atoms with Gasteiger partial charge in [0.25, 0.3) is 0 Å². The van der Waals surface area contributed by atoms with E-state index in [1.807, 2.05) is 38.3 Å². The summed E-state index contributed by atoms with van der Waals surface area (Å²) in [6, 6.07) is 5.96. The lowest BCUT2D eigenvalue weighted by molar-refractivity contribution is 0.00478. The molecule has 1 atom stereocenters. The van der Waals surface area contributed by atoms with Crippen LogP contribution in [-0.4, -0.2) is 35.7 Å². The number of hydrogen-bond acceptors (Lipinski definition) is 5. The Morgan fingerprint density at radius 1 is 1.60 bits per heavy atom. The maximum Gasteiger partial charge on any atom is 0.410 e. The fourth-order valence-corrected chi connectivity index (χ4v) is 2.66. The van der Waals surface area contributed by atoms with Crippen LogP contribution < -0.4 is 5.32 Å². The highest BCUT2D eigenvalue weighted by Gasteiger charge is 2.34. The van der Waals surface area contributed by atoms with E-state index in [0.29, 0.717) is 13.1 Å². The first-order valence-corrected chi connectivity index (χ1v) is 7.44. The number of carbonyl (C=O) groups is 1. The fourth-order valence-electron chi connectivity index (χ4n) is 1.93. The summed E-state index contributed by atoms with van der Waals surface area (Å²) in [5.41, 5.74) is -0.470. The van der Waals surface area contributed by atoms with Crippen molar-refractivity contribution < 1.29 is 9.53 Å². The SMILES string of the molecule is CC(C)(C)OC(=O)N1CC(NC(C#N)c2cccs2)C1. The Morgan fingerprint density at radius 2 is 2.30 bits per heavy atom. The van der Waals surface area contributed by atoms with Crippen molar-refractivity contribution in [1.82, 2.24) is 10.2 Å². The van der Waals surface area contributed by atoms with Crippen LogP contribution >= 0.6 is 11.3 Å². The predicted molar refractivity (Wildman–Crippen MR) is 77.4 cm³/mol. The molecule has 2 rings (SSSR count). The molecule has 1 aromatic heterocycles. The van der Waals surface area contributed by atoms with Crippen molar-refractivity contribution >= 4 is 17.4 Å². The third-order valence-corrected chi connectivity index (χ3v) is 3.83. The number of thiophene rings is 1. The highest BCUT2D eigenvalue weighted by atomic mass is 32.1. The van der Waals surface area contributed by atoms with Crippen LogP contribution in [0.15, 0.2) is 17.5 Å². The number of nitrogens with zero attached hydrogens (tertiary/aromatic N) is 2. The molecular formula is C14H19N3O2S. The zero-order chi connectivity index (χ0) is 14.8. The lowest BCUT2D eigenvalue weighted by Gasteiger charge is -2.40. The van der Waals surface area contributed by atoms with Crippen LogP contribution in [0, 0.1) is 11.3 Å². The highest BCUT2D eigenvalue weighted by Crippen LogP contribution is 2.21. The number of rotatable bonds is 3. The molecule has 20 heavy (non-hydrogen) atoms. The average Bonchev–Trinajstić information content (AvgIpc) is 2.78. The molecule has 1 aliphatic heterocycles. The largest absolute Gasteiger partial charge is 0.444 e. The van der Waals surface area contributed by atoms with Gasteiger partial charge in [0.1, 0.15) is 11.6 Å². The molecule has 1 fully saturated rings. The Labute approximate surface area is 123 Å². The van der Waals surface area contributed by atoms with Gasteiger partial charge in [0.15, 0.2) is 0 Å². The van der Waals surface area contributed by atoms with Crippen molar-refractivity contribution in [3.8, 4) is 6.07 Å². The van der Waals surface area contributed by atoms with E-state index in [2.05, 4.69) is 11.4 Å². The molecule has 1 amide bonds. The van der Waals surface area contributed by atoms with Gasteiger partial charge >= 0.3 is 6.09 Å². The number of likely N-dealkylation sites (tertiary alicyclic amines) is 1. The van der Waals surface area contributed by atoms with Crippen molar-refractivity contribution in [3.63, 3.8) is 0 Å². The molecule has 6 heteroatoms. The van der Waals surface area contributed by atoms with Gasteiger partial charge in [-0.15, -0.1) is 11.3 Å². The lowest BCUT2D eigenvalue weighted by Crippen LogP contribution is -2.60. The minimum atomic E-state index is -0.470. The first-order chi connectivity index (χ1) is 9.39. The van der Waals surface area contributed by atoms with E-state index in [4.69, 9.17) is 4.74 Å². The molecule has 1 saturated heterocycles. The molecular weight excluding hydrogens is 274 g/mol. The molecule has 2 heterocycles. The van der Waals surface area contributed by atoms with Gasteiger partial charge < -0.3 is 9.64 Å². The Balaban J connectivity index is 1.79. The third kappa shape index (κ3) is 3.71. The average molecular weight is 293 g/mol. The number of amides is 1. The van der Waals surface area contributed by atoms with E-state index in [1.54, 1.807) is 16.2 Å². The zero-order valence-corrected chi connectivity index (χ0v) is 12.7. The van der Waals surface area contributed by atoms with E-state index in [1.165, 1.54) is 0 Å². The molecule has 0 spiro atoms. The van der Waals surface area contributed by atoms with Crippen LogP contribution in [0.3, 0.4) is 0 Å². The Hall–Kier alpha value is -1.58. The smallest absolute Gasteiger partial charge is 0.410 e. The van der Waals surface area contributed by atoms with Crippen molar-refractivity contribution in [3.05, 3.63) is 22.4 Å². The highest BCUT2D eigenvalue weighted by molar-refractivity contribution is 7.10. The standard InChI is InChI=1S/C14H19N3O2S/c1-14(2,3)19-13(18)17-8-10(9-17)16-11(7-15)12-5-4-6-20-12/h4-6,10-11,16H,8-9H2,1-3H3. The van der Waals surface area contributed by atoms with Gasteiger partial charge in [0.2, 0.25) is 0 Å². The summed E-state index contributed by atoms with van der Waals surface area (Å²) in [6.07, 6.45) is -0.291. The molecule has 0 aliphatic carbocycles. The van der Waals surface area contributed by atoms with Crippen LogP contribution in [-0.2, 0) is 4.74 Å². The summed E-state index contributed by atoms with van der Waals surface area (Å²) in [7, 11) is 0. The van der Waals surface area contributed by atoms with Crippen LogP contribution in [0.5, 0.6) is 0 Å². The number of nitrogens with one attached hydrogen (secondary N) is 1. The molecule has 0 radical (unpaired) electrons. The minimum Gasteiger partial charge on any atom is -0.444 e. The number of carbonyl (C=O) groups excluding carboxylic acids is 1. The summed E-state index contributed by atoms with van der Waals surface area (Å²) >= 11 is 1.56. The van der Waals surface area contributed by atoms with Gasteiger partial charge in [-0.3, -0.25) is 5.32 Å². The van der Waals surface area contributed by atoms with Crippen LogP contribution in [0.25, 0.3) is 0 Å².